The first-order valence-electron chi connectivity index (χ1n) is 8.00. The summed E-state index contributed by atoms with van der Waals surface area (Å²) in [6.45, 7) is 1.37. The van der Waals surface area contributed by atoms with Gasteiger partial charge >= 0.3 is 0 Å². The number of anilines is 1. The van der Waals surface area contributed by atoms with E-state index in [-0.39, 0.29) is 12.3 Å². The molecule has 0 atom stereocenters. The topological polar surface area (TPSA) is 63.7 Å². The predicted molar refractivity (Wildman–Crippen MR) is 96.6 cm³/mol. The highest BCUT2D eigenvalue weighted by atomic mass is 35.5. The molecule has 2 heterocycles. The molecule has 7 heteroatoms. The van der Waals surface area contributed by atoms with Gasteiger partial charge in [-0.15, -0.1) is 0 Å². The van der Waals surface area contributed by atoms with Crippen molar-refractivity contribution in [3.05, 3.63) is 46.6 Å². The molecule has 1 amide bonds. The molecular formula is C18H20ClN3O3. The van der Waals surface area contributed by atoms with E-state index in [1.54, 1.807) is 18.3 Å². The van der Waals surface area contributed by atoms with Gasteiger partial charge < -0.3 is 19.7 Å². The number of carbonyl (C=O) groups excluding carboxylic acids is 1. The largest absolute Gasteiger partial charge is 0.486 e. The van der Waals surface area contributed by atoms with Crippen molar-refractivity contribution in [3.8, 4) is 11.5 Å². The molecule has 0 unspecified atom stereocenters. The van der Waals surface area contributed by atoms with E-state index < -0.39 is 0 Å². The van der Waals surface area contributed by atoms with Crippen molar-refractivity contribution in [2.75, 3.05) is 32.2 Å². The van der Waals surface area contributed by atoms with Gasteiger partial charge in [0, 0.05) is 32.4 Å². The van der Waals surface area contributed by atoms with Crippen LogP contribution < -0.4 is 19.7 Å². The Labute approximate surface area is 151 Å². The summed E-state index contributed by atoms with van der Waals surface area (Å²) in [5, 5.41) is 3.38. The second-order valence-corrected chi connectivity index (χ2v) is 6.34. The van der Waals surface area contributed by atoms with Crippen molar-refractivity contribution in [2.45, 2.75) is 13.0 Å². The Morgan fingerprint density at radius 3 is 2.92 bits per heavy atom. The fraction of sp³-hybridized carbons (Fsp3) is 0.333. The van der Waals surface area contributed by atoms with Crippen LogP contribution in [0.5, 0.6) is 11.5 Å². The summed E-state index contributed by atoms with van der Waals surface area (Å²) in [5.74, 6) is 1.87. The molecular weight excluding hydrogens is 342 g/mol. The molecule has 0 saturated carbocycles. The van der Waals surface area contributed by atoms with E-state index in [0.29, 0.717) is 36.3 Å². The highest BCUT2D eigenvalue weighted by molar-refractivity contribution is 6.32. The van der Waals surface area contributed by atoms with Crippen LogP contribution in [0.15, 0.2) is 30.5 Å². The van der Waals surface area contributed by atoms with Gasteiger partial charge in [0.2, 0.25) is 5.91 Å². The molecule has 0 fully saturated rings. The Morgan fingerprint density at radius 1 is 1.32 bits per heavy atom. The van der Waals surface area contributed by atoms with Crippen molar-refractivity contribution in [1.82, 2.24) is 10.3 Å². The molecule has 6 nitrogen and oxygen atoms in total. The van der Waals surface area contributed by atoms with Gasteiger partial charge in [0.15, 0.2) is 11.5 Å². The summed E-state index contributed by atoms with van der Waals surface area (Å²) in [7, 11) is 3.84. The smallest absolute Gasteiger partial charge is 0.224 e. The van der Waals surface area contributed by atoms with Gasteiger partial charge in [-0.1, -0.05) is 17.7 Å². The minimum Gasteiger partial charge on any atom is -0.486 e. The minimum absolute atomic E-state index is 0.0960. The van der Waals surface area contributed by atoms with Crippen molar-refractivity contribution in [2.24, 2.45) is 0 Å². The summed E-state index contributed by atoms with van der Waals surface area (Å²) in [6.07, 6.45) is 1.95. The molecule has 1 aliphatic rings. The lowest BCUT2D eigenvalue weighted by molar-refractivity contribution is -0.120. The Bertz CT molecular complexity index is 780. The van der Waals surface area contributed by atoms with E-state index in [9.17, 15) is 4.79 Å². The van der Waals surface area contributed by atoms with Crippen LogP contribution in [-0.4, -0.2) is 38.2 Å². The lowest BCUT2D eigenvalue weighted by Gasteiger charge is -2.20. The number of aromatic nitrogens is 1. The van der Waals surface area contributed by atoms with Crippen LogP contribution in [0.2, 0.25) is 5.02 Å². The van der Waals surface area contributed by atoms with E-state index in [4.69, 9.17) is 21.1 Å². The van der Waals surface area contributed by atoms with Crippen LogP contribution in [-0.2, 0) is 17.8 Å². The van der Waals surface area contributed by atoms with Gasteiger partial charge in [-0.3, -0.25) is 4.79 Å². The van der Waals surface area contributed by atoms with Crippen LogP contribution in [0.25, 0.3) is 0 Å². The van der Waals surface area contributed by atoms with Gasteiger partial charge in [0.25, 0.3) is 0 Å². The summed E-state index contributed by atoms with van der Waals surface area (Å²) in [6, 6.07) is 7.35. The van der Waals surface area contributed by atoms with E-state index >= 15 is 0 Å². The molecule has 0 aliphatic carbocycles. The number of hydrogen-bond acceptors (Lipinski definition) is 5. The second-order valence-electron chi connectivity index (χ2n) is 5.94. The number of ether oxygens (including phenoxy) is 2. The number of nitrogens with one attached hydrogen (secondary N) is 1. The number of halogens is 1. The van der Waals surface area contributed by atoms with Crippen molar-refractivity contribution in [3.63, 3.8) is 0 Å². The SMILES string of the molecule is CN(C)c1ncccc1CNC(=O)Cc1cc(Cl)c2c(c1)OCCO2. The summed E-state index contributed by atoms with van der Waals surface area (Å²) >= 11 is 6.21. The molecule has 1 aromatic heterocycles. The Balaban J connectivity index is 1.65. The van der Waals surface area contributed by atoms with Crippen LogP contribution >= 0.6 is 11.6 Å². The maximum atomic E-state index is 12.3. The molecule has 0 spiro atoms. The lowest BCUT2D eigenvalue weighted by Crippen LogP contribution is -2.26. The number of rotatable bonds is 5. The molecule has 0 saturated heterocycles. The van der Waals surface area contributed by atoms with E-state index in [1.807, 2.05) is 31.1 Å². The molecule has 0 radical (unpaired) electrons. The highest BCUT2D eigenvalue weighted by Gasteiger charge is 2.17. The van der Waals surface area contributed by atoms with Gasteiger partial charge in [-0.2, -0.15) is 0 Å². The van der Waals surface area contributed by atoms with Crippen LogP contribution in [0.1, 0.15) is 11.1 Å². The first-order chi connectivity index (χ1) is 12.0. The number of hydrogen-bond donors (Lipinski definition) is 1. The minimum atomic E-state index is -0.0960. The Hall–Kier alpha value is -2.47. The fourth-order valence-electron chi connectivity index (χ4n) is 2.68. The maximum Gasteiger partial charge on any atom is 0.224 e. The number of benzene rings is 1. The number of pyridine rings is 1. The Morgan fingerprint density at radius 2 is 2.12 bits per heavy atom. The van der Waals surface area contributed by atoms with Gasteiger partial charge in [0.1, 0.15) is 19.0 Å². The van der Waals surface area contributed by atoms with Crippen LogP contribution in [0.4, 0.5) is 5.82 Å². The van der Waals surface area contributed by atoms with Crippen molar-refractivity contribution < 1.29 is 14.3 Å². The number of carbonyl (C=O) groups is 1. The molecule has 3 rings (SSSR count). The third kappa shape index (κ3) is 4.14. The Kier molecular flexibility index (Phi) is 5.28. The highest BCUT2D eigenvalue weighted by Crippen LogP contribution is 2.38. The summed E-state index contributed by atoms with van der Waals surface area (Å²) < 4.78 is 11.0. The predicted octanol–water partition coefficient (Wildman–Crippen LogP) is 2.43. The quantitative estimate of drug-likeness (QED) is 0.886. The average Bonchev–Trinajstić information content (AvgIpc) is 2.60. The molecule has 0 bridgehead atoms. The van der Waals surface area contributed by atoms with E-state index in [2.05, 4.69) is 10.3 Å². The summed E-state index contributed by atoms with van der Waals surface area (Å²) in [4.78, 5) is 18.5. The number of nitrogens with zero attached hydrogens (tertiary/aromatic N) is 2. The van der Waals surface area contributed by atoms with Crippen LogP contribution in [0, 0.1) is 0 Å². The van der Waals surface area contributed by atoms with Crippen molar-refractivity contribution >= 4 is 23.3 Å². The molecule has 1 N–H and O–H groups in total. The monoisotopic (exact) mass is 361 g/mol. The lowest BCUT2D eigenvalue weighted by atomic mass is 10.1. The molecule has 132 valence electrons. The third-order valence-electron chi connectivity index (χ3n) is 3.79. The van der Waals surface area contributed by atoms with Gasteiger partial charge in [0.05, 0.1) is 11.4 Å². The average molecular weight is 362 g/mol. The van der Waals surface area contributed by atoms with E-state index in [1.165, 1.54) is 0 Å². The maximum absolute atomic E-state index is 12.3. The molecule has 1 aliphatic heterocycles. The van der Waals surface area contributed by atoms with Crippen molar-refractivity contribution in [1.29, 1.82) is 0 Å². The first-order valence-corrected chi connectivity index (χ1v) is 8.38. The zero-order chi connectivity index (χ0) is 17.8. The zero-order valence-electron chi connectivity index (χ0n) is 14.2. The summed E-state index contributed by atoms with van der Waals surface area (Å²) in [5.41, 5.74) is 1.74. The fourth-order valence-corrected chi connectivity index (χ4v) is 2.97. The third-order valence-corrected chi connectivity index (χ3v) is 4.07. The zero-order valence-corrected chi connectivity index (χ0v) is 15.0. The van der Waals surface area contributed by atoms with Crippen LogP contribution in [0.3, 0.4) is 0 Å². The van der Waals surface area contributed by atoms with Gasteiger partial charge in [-0.25, -0.2) is 4.98 Å². The second kappa shape index (κ2) is 7.61. The molecule has 2 aromatic rings. The van der Waals surface area contributed by atoms with E-state index in [0.717, 1.165) is 16.9 Å². The first kappa shape index (κ1) is 17.4. The standard InChI is InChI=1S/C18H20ClN3O3/c1-22(2)18-13(4-3-5-20-18)11-21-16(23)10-12-8-14(19)17-15(9-12)24-6-7-25-17/h3-5,8-9H,6-7,10-11H2,1-2H3,(H,21,23). The normalized spacial score (nSPS) is 12.6. The molecule has 25 heavy (non-hydrogen) atoms. The number of fused-ring (bicyclic) bond motifs is 1. The van der Waals surface area contributed by atoms with Gasteiger partial charge in [-0.05, 0) is 23.8 Å². The number of amides is 1. The molecule has 1 aromatic carbocycles.